The summed E-state index contributed by atoms with van der Waals surface area (Å²) in [6, 6.07) is 13.8. The van der Waals surface area contributed by atoms with Crippen LogP contribution >= 0.6 is 15.9 Å². The predicted molar refractivity (Wildman–Crippen MR) is 78.0 cm³/mol. The maximum atomic E-state index is 5.87. The van der Waals surface area contributed by atoms with Crippen LogP contribution in [0.1, 0.15) is 24.1 Å². The molecule has 0 amide bonds. The average molecular weight is 306 g/mol. The fourth-order valence-electron chi connectivity index (χ4n) is 1.74. The topological polar surface area (TPSA) is 35.2 Å². The number of nitrogens with two attached hydrogens (primary N) is 1. The lowest BCUT2D eigenvalue weighted by atomic mass is 10.1. The Balaban J connectivity index is 2.26. The highest BCUT2D eigenvalue weighted by Crippen LogP contribution is 2.30. The van der Waals surface area contributed by atoms with Crippen molar-refractivity contribution in [2.24, 2.45) is 5.73 Å². The molecule has 2 aromatic carbocycles. The van der Waals surface area contributed by atoms with E-state index in [0.29, 0.717) is 0 Å². The maximum absolute atomic E-state index is 5.87. The summed E-state index contributed by atoms with van der Waals surface area (Å²) in [5.74, 6) is 1.68. The summed E-state index contributed by atoms with van der Waals surface area (Å²) in [6.45, 7) is 3.99. The minimum absolute atomic E-state index is 0.00638. The summed E-state index contributed by atoms with van der Waals surface area (Å²) in [5.41, 5.74) is 8.06. The van der Waals surface area contributed by atoms with Crippen LogP contribution in [0.15, 0.2) is 46.9 Å². The molecule has 1 atom stereocenters. The lowest BCUT2D eigenvalue weighted by Gasteiger charge is -2.12. The number of para-hydroxylation sites is 1. The number of aryl methyl sites for hydroxylation is 1. The normalized spacial score (nSPS) is 12.2. The Kier molecular flexibility index (Phi) is 4.04. The van der Waals surface area contributed by atoms with E-state index in [2.05, 4.69) is 15.9 Å². The molecule has 0 aliphatic heterocycles. The zero-order chi connectivity index (χ0) is 13.1. The average Bonchev–Trinajstić information content (AvgIpc) is 2.32. The summed E-state index contributed by atoms with van der Waals surface area (Å²) in [7, 11) is 0. The van der Waals surface area contributed by atoms with E-state index >= 15 is 0 Å². The lowest BCUT2D eigenvalue weighted by Crippen LogP contribution is -2.05. The Bertz CT molecular complexity index is 552. The van der Waals surface area contributed by atoms with Gasteiger partial charge in [0.1, 0.15) is 11.5 Å². The van der Waals surface area contributed by atoms with Crippen molar-refractivity contribution in [3.8, 4) is 11.5 Å². The molecule has 0 saturated heterocycles. The van der Waals surface area contributed by atoms with Gasteiger partial charge >= 0.3 is 0 Å². The number of ether oxygens (including phenoxy) is 1. The fourth-order valence-corrected chi connectivity index (χ4v) is 2.46. The van der Waals surface area contributed by atoms with Crippen LogP contribution in [0.3, 0.4) is 0 Å². The molecular weight excluding hydrogens is 290 g/mol. The molecule has 0 saturated carbocycles. The highest BCUT2D eigenvalue weighted by atomic mass is 79.9. The molecule has 3 heteroatoms. The van der Waals surface area contributed by atoms with Crippen LogP contribution in [-0.4, -0.2) is 0 Å². The van der Waals surface area contributed by atoms with Crippen LogP contribution in [0.5, 0.6) is 11.5 Å². The molecule has 0 bridgehead atoms. The third-order valence-electron chi connectivity index (χ3n) is 2.78. The first-order valence-corrected chi connectivity index (χ1v) is 6.65. The van der Waals surface area contributed by atoms with Gasteiger partial charge in [-0.25, -0.2) is 0 Å². The number of halogens is 1. The van der Waals surface area contributed by atoms with Gasteiger partial charge in [-0.1, -0.05) is 40.2 Å². The summed E-state index contributed by atoms with van der Waals surface area (Å²) < 4.78 is 6.83. The highest BCUT2D eigenvalue weighted by molar-refractivity contribution is 9.10. The second kappa shape index (κ2) is 5.55. The monoisotopic (exact) mass is 305 g/mol. The van der Waals surface area contributed by atoms with Crippen molar-refractivity contribution in [1.82, 2.24) is 0 Å². The van der Waals surface area contributed by atoms with Gasteiger partial charge in [-0.3, -0.25) is 0 Å². The van der Waals surface area contributed by atoms with E-state index in [9.17, 15) is 0 Å². The zero-order valence-electron chi connectivity index (χ0n) is 10.5. The lowest BCUT2D eigenvalue weighted by molar-refractivity contribution is 0.478. The SMILES string of the molecule is Cc1ccccc1Oc1ccc([C@H](C)N)c(Br)c1. The van der Waals surface area contributed by atoms with Crippen LogP contribution < -0.4 is 10.5 Å². The predicted octanol–water partition coefficient (Wildman–Crippen LogP) is 4.57. The van der Waals surface area contributed by atoms with Gasteiger partial charge in [0.05, 0.1) is 0 Å². The Hall–Kier alpha value is -1.32. The van der Waals surface area contributed by atoms with Gasteiger partial charge < -0.3 is 10.5 Å². The van der Waals surface area contributed by atoms with Gasteiger partial charge in [-0.15, -0.1) is 0 Å². The summed E-state index contributed by atoms with van der Waals surface area (Å²) >= 11 is 3.52. The summed E-state index contributed by atoms with van der Waals surface area (Å²) in [4.78, 5) is 0. The number of rotatable bonds is 3. The maximum Gasteiger partial charge on any atom is 0.130 e. The molecule has 94 valence electrons. The smallest absolute Gasteiger partial charge is 0.130 e. The van der Waals surface area contributed by atoms with Gasteiger partial charge in [0, 0.05) is 10.5 Å². The molecule has 2 nitrogen and oxygen atoms in total. The number of hydrogen-bond donors (Lipinski definition) is 1. The molecule has 0 aliphatic carbocycles. The Labute approximate surface area is 116 Å². The Morgan fingerprint density at radius 2 is 1.89 bits per heavy atom. The molecule has 0 spiro atoms. The van der Waals surface area contributed by atoms with Gasteiger partial charge in [0.25, 0.3) is 0 Å². The van der Waals surface area contributed by atoms with E-state index < -0.39 is 0 Å². The second-order valence-corrected chi connectivity index (χ2v) is 5.19. The third-order valence-corrected chi connectivity index (χ3v) is 3.47. The molecule has 0 unspecified atom stereocenters. The van der Waals surface area contributed by atoms with Crippen molar-refractivity contribution in [3.05, 3.63) is 58.1 Å². The standard InChI is InChI=1S/C15H16BrNO/c1-10-5-3-4-6-15(10)18-12-7-8-13(11(2)17)14(16)9-12/h3-9,11H,17H2,1-2H3/t11-/m0/s1. The van der Waals surface area contributed by atoms with E-state index in [1.165, 1.54) is 0 Å². The van der Waals surface area contributed by atoms with Crippen LogP contribution in [0, 0.1) is 6.92 Å². The van der Waals surface area contributed by atoms with E-state index in [1.807, 2.05) is 56.3 Å². The van der Waals surface area contributed by atoms with Gasteiger partial charge in [0.2, 0.25) is 0 Å². The van der Waals surface area contributed by atoms with E-state index in [0.717, 1.165) is 27.1 Å². The fraction of sp³-hybridized carbons (Fsp3) is 0.200. The largest absolute Gasteiger partial charge is 0.457 e. The van der Waals surface area contributed by atoms with Crippen LogP contribution in [-0.2, 0) is 0 Å². The van der Waals surface area contributed by atoms with Crippen molar-refractivity contribution in [1.29, 1.82) is 0 Å². The summed E-state index contributed by atoms with van der Waals surface area (Å²) in [6.07, 6.45) is 0. The molecule has 0 heterocycles. The minimum atomic E-state index is 0.00638. The quantitative estimate of drug-likeness (QED) is 0.901. The molecule has 18 heavy (non-hydrogen) atoms. The van der Waals surface area contributed by atoms with Crippen molar-refractivity contribution >= 4 is 15.9 Å². The molecule has 2 N–H and O–H groups in total. The minimum Gasteiger partial charge on any atom is -0.457 e. The second-order valence-electron chi connectivity index (χ2n) is 4.34. The summed E-state index contributed by atoms with van der Waals surface area (Å²) in [5, 5.41) is 0. The molecule has 0 aliphatic rings. The number of benzene rings is 2. The molecule has 2 aromatic rings. The number of hydrogen-bond acceptors (Lipinski definition) is 2. The first-order valence-electron chi connectivity index (χ1n) is 5.86. The van der Waals surface area contributed by atoms with E-state index in [4.69, 9.17) is 10.5 Å². The van der Waals surface area contributed by atoms with E-state index in [-0.39, 0.29) is 6.04 Å². The Morgan fingerprint density at radius 1 is 1.17 bits per heavy atom. The molecule has 0 aromatic heterocycles. The van der Waals surface area contributed by atoms with E-state index in [1.54, 1.807) is 0 Å². The van der Waals surface area contributed by atoms with Gasteiger partial charge in [0.15, 0.2) is 0 Å². The van der Waals surface area contributed by atoms with Crippen LogP contribution in [0.2, 0.25) is 0 Å². The van der Waals surface area contributed by atoms with Crippen LogP contribution in [0.25, 0.3) is 0 Å². The van der Waals surface area contributed by atoms with Crippen LogP contribution in [0.4, 0.5) is 0 Å². The van der Waals surface area contributed by atoms with Crippen molar-refractivity contribution in [2.45, 2.75) is 19.9 Å². The molecule has 0 radical (unpaired) electrons. The van der Waals surface area contributed by atoms with Crippen molar-refractivity contribution < 1.29 is 4.74 Å². The molecular formula is C15H16BrNO. The third kappa shape index (κ3) is 2.92. The van der Waals surface area contributed by atoms with Crippen molar-refractivity contribution in [2.75, 3.05) is 0 Å². The molecule has 0 fully saturated rings. The Morgan fingerprint density at radius 3 is 2.50 bits per heavy atom. The first kappa shape index (κ1) is 13.1. The first-order chi connectivity index (χ1) is 8.58. The highest BCUT2D eigenvalue weighted by Gasteiger charge is 2.07. The molecule has 2 rings (SSSR count). The van der Waals surface area contributed by atoms with Gasteiger partial charge in [-0.05, 0) is 43.2 Å². The zero-order valence-corrected chi connectivity index (χ0v) is 12.1. The van der Waals surface area contributed by atoms with Crippen molar-refractivity contribution in [3.63, 3.8) is 0 Å². The van der Waals surface area contributed by atoms with Gasteiger partial charge in [-0.2, -0.15) is 0 Å².